The molecule has 0 aliphatic carbocycles. The van der Waals surface area contributed by atoms with Crippen LogP contribution in [0.5, 0.6) is 0 Å². The SMILES string of the molecule is CCc1ccc(-c2csc(NC(=O)CCN=C3NS(=O)(=O)c4ccccc43)n2)cc1. The number of carbonyl (C=O) groups is 1. The van der Waals surface area contributed by atoms with Crippen molar-refractivity contribution in [3.8, 4) is 11.3 Å². The Labute approximate surface area is 179 Å². The van der Waals surface area contributed by atoms with E-state index >= 15 is 0 Å². The van der Waals surface area contributed by atoms with Gasteiger partial charge in [-0.15, -0.1) is 11.3 Å². The summed E-state index contributed by atoms with van der Waals surface area (Å²) in [5.74, 6) is 0.0428. The van der Waals surface area contributed by atoms with Crippen LogP contribution in [-0.2, 0) is 21.2 Å². The Bertz CT molecular complexity index is 1220. The highest BCUT2D eigenvalue weighted by molar-refractivity contribution is 7.90. The number of nitrogens with one attached hydrogen (secondary N) is 2. The number of aliphatic imine (C=N–C) groups is 1. The molecule has 1 amide bonds. The number of sulfonamides is 1. The molecule has 0 saturated heterocycles. The van der Waals surface area contributed by atoms with E-state index in [9.17, 15) is 13.2 Å². The van der Waals surface area contributed by atoms with Gasteiger partial charge in [-0.2, -0.15) is 0 Å². The van der Waals surface area contributed by atoms with Crippen molar-refractivity contribution in [3.63, 3.8) is 0 Å². The van der Waals surface area contributed by atoms with Crippen molar-refractivity contribution in [3.05, 3.63) is 65.0 Å². The van der Waals surface area contributed by atoms with E-state index in [1.807, 2.05) is 17.5 Å². The topological polar surface area (TPSA) is 101 Å². The smallest absolute Gasteiger partial charge is 0.263 e. The number of amides is 1. The first-order valence-corrected chi connectivity index (χ1v) is 11.8. The first kappa shape index (κ1) is 20.2. The number of benzene rings is 2. The molecule has 0 saturated carbocycles. The summed E-state index contributed by atoms with van der Waals surface area (Å²) in [7, 11) is -3.57. The van der Waals surface area contributed by atoms with Crippen molar-refractivity contribution < 1.29 is 13.2 Å². The number of aryl methyl sites for hydroxylation is 1. The number of hydrogen-bond acceptors (Lipinski definition) is 6. The molecule has 0 radical (unpaired) electrons. The predicted molar refractivity (Wildman–Crippen MR) is 118 cm³/mol. The second-order valence-corrected chi connectivity index (χ2v) is 9.23. The molecule has 30 heavy (non-hydrogen) atoms. The molecule has 0 spiro atoms. The Morgan fingerprint density at radius 2 is 1.93 bits per heavy atom. The lowest BCUT2D eigenvalue weighted by Crippen LogP contribution is -2.23. The molecule has 154 valence electrons. The van der Waals surface area contributed by atoms with Gasteiger partial charge in [0.05, 0.1) is 17.1 Å². The second-order valence-electron chi connectivity index (χ2n) is 6.72. The van der Waals surface area contributed by atoms with E-state index < -0.39 is 10.0 Å². The van der Waals surface area contributed by atoms with Crippen LogP contribution in [0.2, 0.25) is 0 Å². The molecule has 7 nitrogen and oxygen atoms in total. The lowest BCUT2D eigenvalue weighted by molar-refractivity contribution is -0.116. The van der Waals surface area contributed by atoms with E-state index in [4.69, 9.17) is 0 Å². The first-order chi connectivity index (χ1) is 14.5. The molecule has 0 fully saturated rings. The van der Waals surface area contributed by atoms with Crippen LogP contribution in [-0.4, -0.2) is 31.7 Å². The van der Waals surface area contributed by atoms with Gasteiger partial charge in [0.1, 0.15) is 5.84 Å². The molecule has 0 unspecified atom stereocenters. The number of nitrogens with zero attached hydrogens (tertiary/aromatic N) is 2. The van der Waals surface area contributed by atoms with Gasteiger partial charge in [0.15, 0.2) is 5.13 Å². The van der Waals surface area contributed by atoms with Gasteiger partial charge in [-0.3, -0.25) is 14.5 Å². The summed E-state index contributed by atoms with van der Waals surface area (Å²) in [6, 6.07) is 14.8. The summed E-state index contributed by atoms with van der Waals surface area (Å²) in [6.45, 7) is 2.27. The van der Waals surface area contributed by atoms with Crippen molar-refractivity contribution in [2.24, 2.45) is 4.99 Å². The highest BCUT2D eigenvalue weighted by Crippen LogP contribution is 2.25. The van der Waals surface area contributed by atoms with Crippen LogP contribution in [0, 0.1) is 0 Å². The average Bonchev–Trinajstić information content (AvgIpc) is 3.31. The van der Waals surface area contributed by atoms with Crippen LogP contribution >= 0.6 is 11.3 Å². The molecule has 3 aromatic rings. The molecular formula is C21H20N4O3S2. The van der Waals surface area contributed by atoms with Crippen molar-refractivity contribution >= 4 is 38.2 Å². The van der Waals surface area contributed by atoms with Crippen LogP contribution in [0.1, 0.15) is 24.5 Å². The summed E-state index contributed by atoms with van der Waals surface area (Å²) in [5, 5.41) is 5.20. The van der Waals surface area contributed by atoms with Crippen LogP contribution in [0.4, 0.5) is 5.13 Å². The maximum atomic E-state index is 12.2. The number of fused-ring (bicyclic) bond motifs is 1. The average molecular weight is 441 g/mol. The van der Waals surface area contributed by atoms with Gasteiger partial charge in [-0.05, 0) is 24.1 Å². The van der Waals surface area contributed by atoms with E-state index in [-0.39, 0.29) is 29.6 Å². The molecule has 0 atom stereocenters. The fourth-order valence-electron chi connectivity index (χ4n) is 3.08. The summed E-state index contributed by atoms with van der Waals surface area (Å²) in [6.07, 6.45) is 1.10. The van der Waals surface area contributed by atoms with Crippen molar-refractivity contribution in [2.45, 2.75) is 24.7 Å². The third kappa shape index (κ3) is 4.27. The number of thiazole rings is 1. The molecule has 1 aliphatic rings. The quantitative estimate of drug-likeness (QED) is 0.613. The maximum Gasteiger partial charge on any atom is 0.263 e. The molecule has 9 heteroatoms. The van der Waals surface area contributed by atoms with Crippen molar-refractivity contribution in [2.75, 3.05) is 11.9 Å². The highest BCUT2D eigenvalue weighted by Gasteiger charge is 2.29. The number of amidine groups is 1. The number of aromatic nitrogens is 1. The van der Waals surface area contributed by atoms with Crippen LogP contribution in [0.25, 0.3) is 11.3 Å². The largest absolute Gasteiger partial charge is 0.302 e. The Morgan fingerprint density at radius 1 is 1.17 bits per heavy atom. The molecular weight excluding hydrogens is 420 g/mol. The normalized spacial score (nSPS) is 15.6. The maximum absolute atomic E-state index is 12.2. The first-order valence-electron chi connectivity index (χ1n) is 9.47. The number of carbonyl (C=O) groups excluding carboxylic acids is 1. The van der Waals surface area contributed by atoms with Gasteiger partial charge in [-0.1, -0.05) is 43.3 Å². The Morgan fingerprint density at radius 3 is 2.70 bits per heavy atom. The zero-order chi connectivity index (χ0) is 21.1. The molecule has 2 heterocycles. The molecule has 2 aromatic carbocycles. The van der Waals surface area contributed by atoms with Crippen molar-refractivity contribution in [1.82, 2.24) is 9.71 Å². The van der Waals surface area contributed by atoms with E-state index in [1.165, 1.54) is 23.0 Å². The Kier molecular flexibility index (Phi) is 5.65. The highest BCUT2D eigenvalue weighted by atomic mass is 32.2. The summed E-state index contributed by atoms with van der Waals surface area (Å²) in [4.78, 5) is 21.2. The minimum Gasteiger partial charge on any atom is -0.302 e. The second kappa shape index (κ2) is 8.37. The van der Waals surface area contributed by atoms with Crippen LogP contribution < -0.4 is 10.0 Å². The summed E-state index contributed by atoms with van der Waals surface area (Å²) < 4.78 is 26.6. The van der Waals surface area contributed by atoms with Gasteiger partial charge >= 0.3 is 0 Å². The molecule has 2 N–H and O–H groups in total. The lowest BCUT2D eigenvalue weighted by atomic mass is 10.1. The van der Waals surface area contributed by atoms with E-state index in [1.54, 1.807) is 18.2 Å². The Hall–Kier alpha value is -3.04. The minimum atomic E-state index is -3.57. The summed E-state index contributed by atoms with van der Waals surface area (Å²) >= 11 is 1.36. The zero-order valence-electron chi connectivity index (χ0n) is 16.3. The molecule has 1 aliphatic heterocycles. The van der Waals surface area contributed by atoms with Gasteiger partial charge in [-0.25, -0.2) is 13.4 Å². The van der Waals surface area contributed by atoms with E-state index in [0.717, 1.165) is 17.7 Å². The lowest BCUT2D eigenvalue weighted by Gasteiger charge is -2.02. The third-order valence-corrected chi connectivity index (χ3v) is 6.83. The van der Waals surface area contributed by atoms with Crippen molar-refractivity contribution in [1.29, 1.82) is 0 Å². The predicted octanol–water partition coefficient (Wildman–Crippen LogP) is 3.44. The Balaban J connectivity index is 1.36. The number of anilines is 1. The van der Waals surface area contributed by atoms with E-state index in [2.05, 4.69) is 39.1 Å². The molecule has 1 aromatic heterocycles. The van der Waals surface area contributed by atoms with Gasteiger partial charge < -0.3 is 5.32 Å². The summed E-state index contributed by atoms with van der Waals surface area (Å²) in [5.41, 5.74) is 3.60. The fraction of sp³-hybridized carbons (Fsp3) is 0.190. The zero-order valence-corrected chi connectivity index (χ0v) is 17.9. The molecule has 0 bridgehead atoms. The number of hydrogen-bond donors (Lipinski definition) is 2. The van der Waals surface area contributed by atoms with Crippen LogP contribution in [0.3, 0.4) is 0 Å². The van der Waals surface area contributed by atoms with Gasteiger partial charge in [0, 0.05) is 22.9 Å². The fourth-order valence-corrected chi connectivity index (χ4v) is 5.06. The van der Waals surface area contributed by atoms with E-state index in [0.29, 0.717) is 10.7 Å². The monoisotopic (exact) mass is 440 g/mol. The number of rotatable bonds is 6. The molecule has 4 rings (SSSR count). The van der Waals surface area contributed by atoms with Gasteiger partial charge in [0.2, 0.25) is 5.91 Å². The van der Waals surface area contributed by atoms with Gasteiger partial charge in [0.25, 0.3) is 10.0 Å². The van der Waals surface area contributed by atoms with Crippen LogP contribution in [0.15, 0.2) is 63.8 Å². The third-order valence-electron chi connectivity index (χ3n) is 4.68. The standard InChI is InChI=1S/C21H20N4O3S2/c1-2-14-7-9-15(10-8-14)17-13-29-21(23-17)24-19(26)11-12-22-20-16-5-3-4-6-18(16)30(27,28)25-20/h3-10,13H,2,11-12H2,1H3,(H,22,25)(H,23,24,26). The minimum absolute atomic E-state index is 0.119.